The normalized spacial score (nSPS) is 11.8. The number of benzene rings is 1. The van der Waals surface area contributed by atoms with E-state index in [1.165, 1.54) is 41.1 Å². The minimum Gasteiger partial charge on any atom is -0.329 e. The Bertz CT molecular complexity index is 1230. The van der Waals surface area contributed by atoms with Gasteiger partial charge in [0, 0.05) is 23.0 Å². The number of anilines is 1. The first-order chi connectivity index (χ1) is 13.7. The molecular formula is C17H8ClF4N5O2. The average molecular weight is 426 g/mol. The molecule has 0 radical (unpaired) electrons. The summed E-state index contributed by atoms with van der Waals surface area (Å²) >= 11 is 5.67. The molecule has 4 aromatic rings. The fourth-order valence-corrected chi connectivity index (χ4v) is 2.63. The maximum Gasteiger partial charge on any atom is 0.471 e. The lowest BCUT2D eigenvalue weighted by Gasteiger charge is -2.04. The van der Waals surface area contributed by atoms with E-state index in [0.717, 1.165) is 6.07 Å². The molecule has 0 unspecified atom stereocenters. The van der Waals surface area contributed by atoms with Crippen molar-refractivity contribution in [2.24, 2.45) is 0 Å². The lowest BCUT2D eigenvalue weighted by Crippen LogP contribution is -2.13. The standard InChI is InChI=1S/C17H8ClF4N5O2/c18-9-2-3-11(10(19)5-9)24-15(28)12-7-27-6-8(1-4-13(27)23-12)14-25-16(29-26-14)17(20,21)22/h1-7H,(H,24,28). The van der Waals surface area contributed by atoms with E-state index in [9.17, 15) is 22.4 Å². The van der Waals surface area contributed by atoms with Crippen LogP contribution < -0.4 is 5.32 Å². The van der Waals surface area contributed by atoms with Crippen molar-refractivity contribution in [1.29, 1.82) is 0 Å². The van der Waals surface area contributed by atoms with Gasteiger partial charge in [-0.1, -0.05) is 16.8 Å². The van der Waals surface area contributed by atoms with Gasteiger partial charge in [0.05, 0.1) is 5.69 Å². The molecule has 0 bridgehead atoms. The van der Waals surface area contributed by atoms with Crippen molar-refractivity contribution in [2.75, 3.05) is 5.32 Å². The number of halogens is 5. The average Bonchev–Trinajstić information content (AvgIpc) is 3.29. The Hall–Kier alpha value is -3.47. The second-order valence-electron chi connectivity index (χ2n) is 5.81. The van der Waals surface area contributed by atoms with E-state index < -0.39 is 23.8 Å². The van der Waals surface area contributed by atoms with E-state index in [1.807, 2.05) is 0 Å². The third kappa shape index (κ3) is 3.76. The van der Waals surface area contributed by atoms with Gasteiger partial charge in [-0.25, -0.2) is 9.37 Å². The zero-order chi connectivity index (χ0) is 20.8. The molecule has 29 heavy (non-hydrogen) atoms. The SMILES string of the molecule is O=C(Nc1ccc(Cl)cc1F)c1cn2cc(-c3noc(C(F)(F)F)n3)ccc2n1. The second-order valence-corrected chi connectivity index (χ2v) is 6.25. The summed E-state index contributed by atoms with van der Waals surface area (Å²) in [6.07, 6.45) is -2.05. The van der Waals surface area contributed by atoms with Gasteiger partial charge in [0.15, 0.2) is 0 Å². The highest BCUT2D eigenvalue weighted by atomic mass is 35.5. The number of pyridine rings is 1. The predicted octanol–water partition coefficient (Wildman–Crippen LogP) is 4.45. The quantitative estimate of drug-likeness (QED) is 0.490. The first-order valence-corrected chi connectivity index (χ1v) is 8.25. The highest BCUT2D eigenvalue weighted by Crippen LogP contribution is 2.29. The molecule has 3 aromatic heterocycles. The van der Waals surface area contributed by atoms with Crippen LogP contribution in [0.5, 0.6) is 0 Å². The molecule has 1 aromatic carbocycles. The minimum absolute atomic E-state index is 0.0411. The summed E-state index contributed by atoms with van der Waals surface area (Å²) in [5.74, 6) is -3.14. The van der Waals surface area contributed by atoms with E-state index in [1.54, 1.807) is 0 Å². The number of alkyl halides is 3. The molecule has 0 aliphatic carbocycles. The van der Waals surface area contributed by atoms with Gasteiger partial charge >= 0.3 is 12.1 Å². The number of hydrogen-bond donors (Lipinski definition) is 1. The molecule has 0 aliphatic heterocycles. The van der Waals surface area contributed by atoms with Crippen molar-refractivity contribution in [3.63, 3.8) is 0 Å². The van der Waals surface area contributed by atoms with Gasteiger partial charge in [0.2, 0.25) is 5.82 Å². The number of rotatable bonds is 3. The van der Waals surface area contributed by atoms with Crippen molar-refractivity contribution in [3.8, 4) is 11.4 Å². The topological polar surface area (TPSA) is 85.3 Å². The summed E-state index contributed by atoms with van der Waals surface area (Å²) in [5.41, 5.74) is 0.420. The van der Waals surface area contributed by atoms with Crippen molar-refractivity contribution in [3.05, 3.63) is 65.2 Å². The van der Waals surface area contributed by atoms with E-state index in [-0.39, 0.29) is 27.8 Å². The van der Waals surface area contributed by atoms with Crippen LogP contribution in [0.15, 0.2) is 47.2 Å². The fraction of sp³-hybridized carbons (Fsp3) is 0.0588. The van der Waals surface area contributed by atoms with E-state index in [0.29, 0.717) is 5.65 Å². The van der Waals surface area contributed by atoms with Crippen LogP contribution in [-0.2, 0) is 6.18 Å². The van der Waals surface area contributed by atoms with Crippen LogP contribution in [0, 0.1) is 5.82 Å². The predicted molar refractivity (Wildman–Crippen MR) is 92.8 cm³/mol. The lowest BCUT2D eigenvalue weighted by atomic mass is 10.3. The summed E-state index contributed by atoms with van der Waals surface area (Å²) < 4.78 is 57.2. The first-order valence-electron chi connectivity index (χ1n) is 7.87. The smallest absolute Gasteiger partial charge is 0.329 e. The molecule has 0 saturated carbocycles. The maximum absolute atomic E-state index is 13.8. The first kappa shape index (κ1) is 18.9. The molecule has 148 valence electrons. The number of aromatic nitrogens is 4. The van der Waals surface area contributed by atoms with Crippen molar-refractivity contribution >= 4 is 28.8 Å². The molecule has 12 heteroatoms. The number of amides is 1. The summed E-state index contributed by atoms with van der Waals surface area (Å²) in [5, 5.41) is 5.85. The fourth-order valence-electron chi connectivity index (χ4n) is 2.47. The zero-order valence-corrected chi connectivity index (χ0v) is 14.8. The largest absolute Gasteiger partial charge is 0.471 e. The summed E-state index contributed by atoms with van der Waals surface area (Å²) in [6.45, 7) is 0. The molecular weight excluding hydrogens is 418 g/mol. The lowest BCUT2D eigenvalue weighted by molar-refractivity contribution is -0.159. The Labute approximate surface area is 163 Å². The number of nitrogens with one attached hydrogen (secondary N) is 1. The van der Waals surface area contributed by atoms with Crippen molar-refractivity contribution in [1.82, 2.24) is 19.5 Å². The van der Waals surface area contributed by atoms with Gasteiger partial charge in [-0.2, -0.15) is 18.2 Å². The van der Waals surface area contributed by atoms with Gasteiger partial charge < -0.3 is 14.2 Å². The Balaban J connectivity index is 1.61. The molecule has 4 rings (SSSR count). The van der Waals surface area contributed by atoms with Crippen LogP contribution >= 0.6 is 11.6 Å². The third-order valence-electron chi connectivity index (χ3n) is 3.79. The van der Waals surface area contributed by atoms with Crippen molar-refractivity contribution < 1.29 is 26.9 Å². The Morgan fingerprint density at radius 1 is 1.14 bits per heavy atom. The van der Waals surface area contributed by atoms with Gasteiger partial charge in [-0.3, -0.25) is 4.79 Å². The number of hydrogen-bond acceptors (Lipinski definition) is 5. The van der Waals surface area contributed by atoms with Gasteiger partial charge in [0.25, 0.3) is 5.91 Å². The highest BCUT2D eigenvalue weighted by molar-refractivity contribution is 6.30. The third-order valence-corrected chi connectivity index (χ3v) is 4.02. The van der Waals surface area contributed by atoms with Crippen LogP contribution in [0.1, 0.15) is 16.4 Å². The second kappa shape index (κ2) is 6.85. The zero-order valence-electron chi connectivity index (χ0n) is 14.0. The maximum atomic E-state index is 13.8. The number of imidazole rings is 1. The van der Waals surface area contributed by atoms with Crippen LogP contribution in [0.3, 0.4) is 0 Å². The number of carbonyl (C=O) groups is 1. The molecule has 0 aliphatic rings. The molecule has 1 amide bonds. The molecule has 0 atom stereocenters. The molecule has 7 nitrogen and oxygen atoms in total. The van der Waals surface area contributed by atoms with Crippen LogP contribution in [-0.4, -0.2) is 25.4 Å². The highest BCUT2D eigenvalue weighted by Gasteiger charge is 2.38. The Morgan fingerprint density at radius 3 is 2.62 bits per heavy atom. The van der Waals surface area contributed by atoms with E-state index in [2.05, 4.69) is 25.0 Å². The van der Waals surface area contributed by atoms with Crippen LogP contribution in [0.4, 0.5) is 23.2 Å². The minimum atomic E-state index is -4.76. The van der Waals surface area contributed by atoms with Crippen molar-refractivity contribution in [2.45, 2.75) is 6.18 Å². The molecule has 0 saturated heterocycles. The van der Waals surface area contributed by atoms with Gasteiger partial charge in [0.1, 0.15) is 17.2 Å². The van der Waals surface area contributed by atoms with Gasteiger partial charge in [-0.15, -0.1) is 0 Å². The molecule has 0 fully saturated rings. The molecule has 1 N–H and O–H groups in total. The van der Waals surface area contributed by atoms with Crippen LogP contribution in [0.25, 0.3) is 17.0 Å². The van der Waals surface area contributed by atoms with E-state index in [4.69, 9.17) is 11.6 Å². The number of nitrogens with zero attached hydrogens (tertiary/aromatic N) is 4. The molecule has 0 spiro atoms. The van der Waals surface area contributed by atoms with Gasteiger partial charge in [-0.05, 0) is 30.3 Å². The number of fused-ring (bicyclic) bond motifs is 1. The number of carbonyl (C=O) groups excluding carboxylic acids is 1. The van der Waals surface area contributed by atoms with E-state index >= 15 is 0 Å². The summed E-state index contributed by atoms with van der Waals surface area (Å²) in [6, 6.07) is 6.65. The molecule has 3 heterocycles. The van der Waals surface area contributed by atoms with Crippen LogP contribution in [0.2, 0.25) is 5.02 Å². The summed E-state index contributed by atoms with van der Waals surface area (Å²) in [4.78, 5) is 19.7. The summed E-state index contributed by atoms with van der Waals surface area (Å²) in [7, 11) is 0. The Kier molecular flexibility index (Phi) is 4.46. The Morgan fingerprint density at radius 2 is 1.93 bits per heavy atom. The monoisotopic (exact) mass is 425 g/mol.